The van der Waals surface area contributed by atoms with Gasteiger partial charge in [0.05, 0.1) is 5.92 Å². The molecule has 2 aliphatic carbocycles. The number of Topliss-reactive ketones (excluding diaryl/α,β-unsaturated/α-hetero) is 2. The van der Waals surface area contributed by atoms with E-state index in [1.807, 2.05) is 46.8 Å². The van der Waals surface area contributed by atoms with Gasteiger partial charge in [0.15, 0.2) is 5.78 Å². The molecule has 0 spiro atoms. The van der Waals surface area contributed by atoms with Gasteiger partial charge in [0.25, 0.3) is 0 Å². The van der Waals surface area contributed by atoms with E-state index in [2.05, 4.69) is 19.6 Å². The van der Waals surface area contributed by atoms with E-state index in [1.54, 1.807) is 0 Å². The van der Waals surface area contributed by atoms with Crippen molar-refractivity contribution in [3.05, 3.63) is 47.0 Å². The normalized spacial score (nSPS) is 22.2. The number of carbonyl (C=O) groups is 3. The van der Waals surface area contributed by atoms with Crippen molar-refractivity contribution in [2.24, 2.45) is 11.8 Å². The van der Waals surface area contributed by atoms with Crippen LogP contribution in [0.1, 0.15) is 126 Å². The Hall–Kier alpha value is -2.23. The molecule has 0 heterocycles. The lowest BCUT2D eigenvalue weighted by Crippen LogP contribution is -2.30. The summed E-state index contributed by atoms with van der Waals surface area (Å²) < 4.78 is 5.57. The highest BCUT2D eigenvalue weighted by Crippen LogP contribution is 2.38. The van der Waals surface area contributed by atoms with Crippen molar-refractivity contribution in [2.75, 3.05) is 0 Å². The summed E-state index contributed by atoms with van der Waals surface area (Å²) in [5.74, 6) is 0.924. The van der Waals surface area contributed by atoms with Gasteiger partial charge < -0.3 is 4.74 Å². The average Bonchev–Trinajstić information content (AvgIpc) is 3.23. The zero-order valence-electron chi connectivity index (χ0n) is 22.9. The molecule has 1 aromatic carbocycles. The zero-order valence-corrected chi connectivity index (χ0v) is 22.9. The molecule has 0 amide bonds. The Kier molecular flexibility index (Phi) is 10.9. The van der Waals surface area contributed by atoms with Crippen molar-refractivity contribution >= 4 is 17.5 Å². The number of ketones is 2. The molecule has 1 atom stereocenters. The van der Waals surface area contributed by atoms with Gasteiger partial charge in [-0.3, -0.25) is 14.4 Å². The molecule has 2 saturated carbocycles. The predicted octanol–water partition coefficient (Wildman–Crippen LogP) is 7.92. The van der Waals surface area contributed by atoms with Crippen LogP contribution in [0.2, 0.25) is 0 Å². The van der Waals surface area contributed by atoms with Crippen molar-refractivity contribution in [2.45, 2.75) is 117 Å². The molecule has 0 N–H and O–H groups in total. The Morgan fingerprint density at radius 3 is 2.26 bits per heavy atom. The van der Waals surface area contributed by atoms with E-state index in [0.717, 1.165) is 63.4 Å². The molecule has 4 nitrogen and oxygen atoms in total. The average molecular weight is 483 g/mol. The molecule has 1 unspecified atom stereocenters. The highest BCUT2D eigenvalue weighted by Gasteiger charge is 2.31. The quantitative estimate of drug-likeness (QED) is 0.214. The number of ether oxygens (including phenoxy) is 1. The van der Waals surface area contributed by atoms with Gasteiger partial charge in [-0.15, -0.1) is 0 Å². The van der Waals surface area contributed by atoms with Crippen LogP contribution in [0.4, 0.5) is 0 Å². The lowest BCUT2D eigenvalue weighted by atomic mass is 9.77. The standard InChI is InChI=1S/C29H40O4.C2H6/c1-19(8-6-9-22-10-7-11-26(22)30)27(31)24-16-17-25(20(2)18-24)21-12-14-23(15-13-21)28(32)33-29(3,4)5;1-2/h16-18,21-23H,1,6-15H2,2-5H3;1-2H3. The number of hydrogen-bond donors (Lipinski definition) is 0. The Bertz CT molecular complexity index is 897. The van der Waals surface area contributed by atoms with E-state index in [4.69, 9.17) is 4.74 Å². The van der Waals surface area contributed by atoms with Crippen molar-refractivity contribution < 1.29 is 19.1 Å². The van der Waals surface area contributed by atoms with E-state index >= 15 is 0 Å². The van der Waals surface area contributed by atoms with Crippen molar-refractivity contribution in [3.8, 4) is 0 Å². The highest BCUT2D eigenvalue weighted by atomic mass is 16.6. The Labute approximate surface area is 212 Å². The fourth-order valence-electron chi connectivity index (χ4n) is 5.37. The number of rotatable bonds is 8. The van der Waals surface area contributed by atoms with Crippen LogP contribution >= 0.6 is 0 Å². The van der Waals surface area contributed by atoms with Crippen LogP contribution in [0.5, 0.6) is 0 Å². The van der Waals surface area contributed by atoms with Gasteiger partial charge in [-0.1, -0.05) is 32.6 Å². The summed E-state index contributed by atoms with van der Waals surface area (Å²) in [6.07, 6.45) is 8.72. The van der Waals surface area contributed by atoms with Crippen LogP contribution in [0.25, 0.3) is 0 Å². The molecule has 1 aromatic rings. The third-order valence-electron chi connectivity index (χ3n) is 7.22. The molecular formula is C31H46O4. The lowest BCUT2D eigenvalue weighted by molar-refractivity contribution is -0.161. The van der Waals surface area contributed by atoms with E-state index in [9.17, 15) is 14.4 Å². The lowest BCUT2D eigenvalue weighted by Gasteiger charge is -2.30. The van der Waals surface area contributed by atoms with E-state index in [-0.39, 0.29) is 23.6 Å². The van der Waals surface area contributed by atoms with Gasteiger partial charge in [-0.25, -0.2) is 0 Å². The molecule has 3 rings (SSSR count). The number of aryl methyl sites for hydroxylation is 1. The van der Waals surface area contributed by atoms with Crippen LogP contribution in [-0.4, -0.2) is 23.1 Å². The molecule has 0 aliphatic heterocycles. The van der Waals surface area contributed by atoms with Gasteiger partial charge in [-0.05, 0) is 114 Å². The minimum absolute atomic E-state index is 0.00974. The maximum atomic E-state index is 12.9. The van der Waals surface area contributed by atoms with E-state index < -0.39 is 5.60 Å². The first-order valence-corrected chi connectivity index (χ1v) is 13.6. The Morgan fingerprint density at radius 2 is 1.71 bits per heavy atom. The first-order chi connectivity index (χ1) is 16.5. The molecule has 0 bridgehead atoms. The zero-order chi connectivity index (χ0) is 26.2. The van der Waals surface area contributed by atoms with Crippen molar-refractivity contribution in [1.29, 1.82) is 0 Å². The summed E-state index contributed by atoms with van der Waals surface area (Å²) in [7, 11) is 0. The second-order valence-corrected chi connectivity index (χ2v) is 11.0. The first kappa shape index (κ1) is 29.0. The van der Waals surface area contributed by atoms with Crippen LogP contribution in [0.3, 0.4) is 0 Å². The van der Waals surface area contributed by atoms with Crippen LogP contribution in [0.15, 0.2) is 30.4 Å². The Morgan fingerprint density at radius 1 is 1.06 bits per heavy atom. The third kappa shape index (κ3) is 8.44. The molecule has 2 fully saturated rings. The number of esters is 1. The van der Waals surface area contributed by atoms with E-state index in [0.29, 0.717) is 29.3 Å². The molecule has 2 aliphatic rings. The molecular weight excluding hydrogens is 436 g/mol. The van der Waals surface area contributed by atoms with Crippen molar-refractivity contribution in [3.63, 3.8) is 0 Å². The molecule has 0 aromatic heterocycles. The molecule has 0 radical (unpaired) electrons. The molecule has 0 saturated heterocycles. The second kappa shape index (κ2) is 13.2. The van der Waals surface area contributed by atoms with Gasteiger partial charge in [0.2, 0.25) is 0 Å². The maximum absolute atomic E-state index is 12.9. The van der Waals surface area contributed by atoms with Crippen LogP contribution < -0.4 is 0 Å². The highest BCUT2D eigenvalue weighted by molar-refractivity contribution is 6.08. The summed E-state index contributed by atoms with van der Waals surface area (Å²) in [6, 6.07) is 6.01. The monoisotopic (exact) mass is 482 g/mol. The Balaban J connectivity index is 0.00000210. The third-order valence-corrected chi connectivity index (χ3v) is 7.22. The molecule has 194 valence electrons. The summed E-state index contributed by atoms with van der Waals surface area (Å²) in [4.78, 5) is 37.1. The fourth-order valence-corrected chi connectivity index (χ4v) is 5.37. The van der Waals surface area contributed by atoms with Gasteiger partial charge in [-0.2, -0.15) is 0 Å². The largest absolute Gasteiger partial charge is 0.460 e. The fraction of sp³-hybridized carbons (Fsp3) is 0.645. The second-order valence-electron chi connectivity index (χ2n) is 11.0. The predicted molar refractivity (Wildman–Crippen MR) is 143 cm³/mol. The first-order valence-electron chi connectivity index (χ1n) is 13.6. The number of allylic oxidation sites excluding steroid dienone is 1. The summed E-state index contributed by atoms with van der Waals surface area (Å²) >= 11 is 0. The number of hydrogen-bond acceptors (Lipinski definition) is 4. The van der Waals surface area contributed by atoms with Gasteiger partial charge in [0, 0.05) is 17.9 Å². The smallest absolute Gasteiger partial charge is 0.309 e. The SMILES string of the molecule is C=C(CCCC1CCCC1=O)C(=O)c1ccc(C2CCC(C(=O)OC(C)(C)C)CC2)c(C)c1.CC. The van der Waals surface area contributed by atoms with Crippen LogP contribution in [-0.2, 0) is 14.3 Å². The number of benzene rings is 1. The summed E-state index contributed by atoms with van der Waals surface area (Å²) in [5, 5.41) is 0. The number of carbonyl (C=O) groups excluding carboxylic acids is 3. The topological polar surface area (TPSA) is 60.4 Å². The minimum atomic E-state index is -0.440. The van der Waals surface area contributed by atoms with Crippen LogP contribution in [0, 0.1) is 18.8 Å². The van der Waals surface area contributed by atoms with Crippen molar-refractivity contribution in [1.82, 2.24) is 0 Å². The summed E-state index contributed by atoms with van der Waals surface area (Å²) in [5.41, 5.74) is 3.29. The molecule has 4 heteroatoms. The maximum Gasteiger partial charge on any atom is 0.309 e. The van der Waals surface area contributed by atoms with E-state index in [1.165, 1.54) is 5.56 Å². The van der Waals surface area contributed by atoms with Gasteiger partial charge in [0.1, 0.15) is 11.4 Å². The van der Waals surface area contributed by atoms with Gasteiger partial charge >= 0.3 is 5.97 Å². The summed E-state index contributed by atoms with van der Waals surface area (Å²) in [6.45, 7) is 15.8. The molecule has 35 heavy (non-hydrogen) atoms. The minimum Gasteiger partial charge on any atom is -0.460 e.